The van der Waals surface area contributed by atoms with Gasteiger partial charge in [0.2, 0.25) is 0 Å². The van der Waals surface area contributed by atoms with Crippen molar-refractivity contribution in [3.63, 3.8) is 0 Å². The highest BCUT2D eigenvalue weighted by Gasteiger charge is 2.04. The highest BCUT2D eigenvalue weighted by Crippen LogP contribution is 2.19. The van der Waals surface area contributed by atoms with Crippen LogP contribution in [0.5, 0.6) is 0 Å². The van der Waals surface area contributed by atoms with E-state index in [2.05, 4.69) is 9.24 Å². The second kappa shape index (κ2) is 5.69. The molecule has 0 aliphatic carbocycles. The van der Waals surface area contributed by atoms with Crippen molar-refractivity contribution in [2.24, 2.45) is 5.84 Å². The molecule has 1 unspecified atom stereocenters. The SMILES string of the molecule is Nc1ccccc1N(N)CCCC(=O)P. The fourth-order valence-corrected chi connectivity index (χ4v) is 1.50. The van der Waals surface area contributed by atoms with E-state index < -0.39 is 0 Å². The number of hydrazine groups is 1. The van der Waals surface area contributed by atoms with E-state index in [9.17, 15) is 4.79 Å². The van der Waals surface area contributed by atoms with E-state index >= 15 is 0 Å². The first-order valence-corrected chi connectivity index (χ1v) is 5.34. The molecule has 0 aromatic heterocycles. The fourth-order valence-electron chi connectivity index (χ4n) is 1.29. The predicted octanol–water partition coefficient (Wildman–Crippen LogP) is 1.13. The number of benzene rings is 1. The van der Waals surface area contributed by atoms with Gasteiger partial charge in [0.25, 0.3) is 0 Å². The summed E-state index contributed by atoms with van der Waals surface area (Å²) >= 11 is 0. The van der Waals surface area contributed by atoms with Crippen LogP contribution >= 0.6 is 9.24 Å². The third kappa shape index (κ3) is 3.86. The molecule has 15 heavy (non-hydrogen) atoms. The number of carbonyl (C=O) groups excluding carboxylic acids is 1. The first-order valence-electron chi connectivity index (χ1n) is 4.76. The molecule has 1 aromatic rings. The number of nitrogen functional groups attached to an aromatic ring is 1. The van der Waals surface area contributed by atoms with Gasteiger partial charge in [-0.15, -0.1) is 0 Å². The molecule has 0 aliphatic heterocycles. The Bertz CT molecular complexity index is 343. The van der Waals surface area contributed by atoms with Gasteiger partial charge in [-0.2, -0.15) is 0 Å². The summed E-state index contributed by atoms with van der Waals surface area (Å²) in [6, 6.07) is 7.40. The zero-order chi connectivity index (χ0) is 11.3. The summed E-state index contributed by atoms with van der Waals surface area (Å²) in [6.07, 6.45) is 1.25. The number of para-hydroxylation sites is 2. The summed E-state index contributed by atoms with van der Waals surface area (Å²) in [5.74, 6) is 5.82. The van der Waals surface area contributed by atoms with Gasteiger partial charge in [0.1, 0.15) is 5.52 Å². The van der Waals surface area contributed by atoms with E-state index in [1.165, 1.54) is 0 Å². The zero-order valence-corrected chi connectivity index (χ0v) is 9.67. The molecule has 0 saturated heterocycles. The van der Waals surface area contributed by atoms with Gasteiger partial charge < -0.3 is 10.7 Å². The van der Waals surface area contributed by atoms with Crippen LogP contribution in [0.4, 0.5) is 11.4 Å². The normalized spacial score (nSPS) is 10.0. The molecule has 0 saturated carbocycles. The second-order valence-corrected chi connectivity index (χ2v) is 3.97. The van der Waals surface area contributed by atoms with Crippen LogP contribution in [0.1, 0.15) is 12.8 Å². The summed E-state index contributed by atoms with van der Waals surface area (Å²) in [6.45, 7) is 0.619. The number of rotatable bonds is 5. The maximum atomic E-state index is 10.7. The molecule has 0 spiro atoms. The summed E-state index contributed by atoms with van der Waals surface area (Å²) in [5, 5.41) is 1.57. The van der Waals surface area contributed by atoms with Crippen molar-refractivity contribution in [2.45, 2.75) is 12.8 Å². The Hall–Kier alpha value is -1.12. The molecule has 0 radical (unpaired) electrons. The number of hydrogen-bond acceptors (Lipinski definition) is 4. The average molecular weight is 225 g/mol. The predicted molar refractivity (Wildman–Crippen MR) is 66.3 cm³/mol. The number of hydrogen-bond donors (Lipinski definition) is 2. The summed E-state index contributed by atoms with van der Waals surface area (Å²) in [5.41, 5.74) is 7.31. The zero-order valence-electron chi connectivity index (χ0n) is 8.52. The second-order valence-electron chi connectivity index (χ2n) is 3.32. The lowest BCUT2D eigenvalue weighted by Crippen LogP contribution is -2.32. The van der Waals surface area contributed by atoms with E-state index in [0.717, 1.165) is 12.1 Å². The highest BCUT2D eigenvalue weighted by molar-refractivity contribution is 7.40. The Morgan fingerprint density at radius 3 is 2.67 bits per heavy atom. The molecule has 0 fully saturated rings. The Morgan fingerprint density at radius 1 is 1.40 bits per heavy atom. The van der Waals surface area contributed by atoms with Crippen molar-refractivity contribution in [3.8, 4) is 0 Å². The maximum absolute atomic E-state index is 10.7. The Kier molecular flexibility index (Phi) is 4.53. The first-order chi connectivity index (χ1) is 7.11. The van der Waals surface area contributed by atoms with E-state index in [4.69, 9.17) is 11.6 Å². The van der Waals surface area contributed by atoms with Crippen molar-refractivity contribution in [3.05, 3.63) is 24.3 Å². The number of nitrogens with zero attached hydrogens (tertiary/aromatic N) is 1. The molecule has 0 amide bonds. The Morgan fingerprint density at radius 2 is 2.07 bits per heavy atom. The van der Waals surface area contributed by atoms with E-state index in [1.54, 1.807) is 11.1 Å². The van der Waals surface area contributed by atoms with Gasteiger partial charge in [0.15, 0.2) is 0 Å². The van der Waals surface area contributed by atoms with Gasteiger partial charge in [-0.3, -0.25) is 4.79 Å². The smallest absolute Gasteiger partial charge is 0.148 e. The quantitative estimate of drug-likeness (QED) is 0.341. The van der Waals surface area contributed by atoms with Crippen LogP contribution in [0.15, 0.2) is 24.3 Å². The van der Waals surface area contributed by atoms with Gasteiger partial charge >= 0.3 is 0 Å². The third-order valence-corrected chi connectivity index (χ3v) is 2.36. The fraction of sp³-hybridized carbons (Fsp3) is 0.300. The lowest BCUT2D eigenvalue weighted by Gasteiger charge is -2.19. The maximum Gasteiger partial charge on any atom is 0.148 e. The monoisotopic (exact) mass is 225 g/mol. The van der Waals surface area contributed by atoms with Gasteiger partial charge in [-0.25, -0.2) is 5.84 Å². The van der Waals surface area contributed by atoms with Crippen LogP contribution in [0, 0.1) is 0 Å². The van der Waals surface area contributed by atoms with Crippen LogP contribution in [0.3, 0.4) is 0 Å². The molecule has 0 heterocycles. The van der Waals surface area contributed by atoms with Gasteiger partial charge in [0.05, 0.1) is 11.4 Å². The topological polar surface area (TPSA) is 72.3 Å². The molecule has 4 nitrogen and oxygen atoms in total. The van der Waals surface area contributed by atoms with Crippen molar-refractivity contribution in [2.75, 3.05) is 17.3 Å². The molecule has 4 N–H and O–H groups in total. The van der Waals surface area contributed by atoms with Gasteiger partial charge in [0, 0.05) is 13.0 Å². The third-order valence-electron chi connectivity index (χ3n) is 2.07. The molecule has 0 aliphatic rings. The number of carbonyl (C=O) groups is 1. The lowest BCUT2D eigenvalue weighted by molar-refractivity contribution is -0.111. The van der Waals surface area contributed by atoms with Crippen LogP contribution in [0.2, 0.25) is 0 Å². The number of nitrogens with two attached hydrogens (primary N) is 2. The van der Waals surface area contributed by atoms with E-state index in [-0.39, 0.29) is 5.52 Å². The minimum absolute atomic E-state index is 0.101. The minimum Gasteiger partial charge on any atom is -0.397 e. The highest BCUT2D eigenvalue weighted by atomic mass is 31.0. The lowest BCUT2D eigenvalue weighted by atomic mass is 10.2. The van der Waals surface area contributed by atoms with Crippen molar-refractivity contribution in [1.29, 1.82) is 0 Å². The molecule has 82 valence electrons. The summed E-state index contributed by atoms with van der Waals surface area (Å²) in [7, 11) is 2.15. The van der Waals surface area contributed by atoms with Crippen molar-refractivity contribution in [1.82, 2.24) is 0 Å². The Balaban J connectivity index is 2.50. The summed E-state index contributed by atoms with van der Waals surface area (Å²) < 4.78 is 0. The first kappa shape index (κ1) is 12.0. The standard InChI is InChI=1S/C10H16N3OP/c11-8-4-1-2-5-9(8)13(12)7-3-6-10(14)15/h1-2,4-5H,3,6-7,11-12,15H2. The van der Waals surface area contributed by atoms with Gasteiger partial charge in [-0.1, -0.05) is 21.4 Å². The molecule has 0 bridgehead atoms. The summed E-state index contributed by atoms with van der Waals surface area (Å²) in [4.78, 5) is 10.7. The molecule has 1 aromatic carbocycles. The number of anilines is 2. The largest absolute Gasteiger partial charge is 0.397 e. The molecule has 1 rings (SSSR count). The minimum atomic E-state index is 0.101. The molecular formula is C10H16N3OP. The van der Waals surface area contributed by atoms with Crippen molar-refractivity contribution < 1.29 is 4.79 Å². The van der Waals surface area contributed by atoms with E-state index in [1.807, 2.05) is 18.2 Å². The van der Waals surface area contributed by atoms with E-state index in [0.29, 0.717) is 18.7 Å². The van der Waals surface area contributed by atoms with Gasteiger partial charge in [-0.05, 0) is 18.6 Å². The van der Waals surface area contributed by atoms with Crippen LogP contribution in [-0.4, -0.2) is 12.1 Å². The molecule has 5 heteroatoms. The molecular weight excluding hydrogens is 209 g/mol. The van der Waals surface area contributed by atoms with Crippen molar-refractivity contribution >= 4 is 26.1 Å². The van der Waals surface area contributed by atoms with Crippen LogP contribution in [-0.2, 0) is 4.79 Å². The van der Waals surface area contributed by atoms with Crippen LogP contribution in [0.25, 0.3) is 0 Å². The Labute approximate surface area is 91.8 Å². The molecule has 1 atom stereocenters. The van der Waals surface area contributed by atoms with Crippen LogP contribution < -0.4 is 16.6 Å². The average Bonchev–Trinajstić information content (AvgIpc) is 2.17.